The SMILES string of the molecule is O=C(C=Cc1ccc([N+](=O)[O-])s1)Nc1nc2c(ccc3ccccc32)s1. The van der Waals surface area contributed by atoms with Crippen molar-refractivity contribution in [3.8, 4) is 0 Å². The Bertz CT molecular complexity index is 1180. The van der Waals surface area contributed by atoms with E-state index in [1.165, 1.54) is 23.5 Å². The fourth-order valence-electron chi connectivity index (χ4n) is 2.55. The summed E-state index contributed by atoms with van der Waals surface area (Å²) in [7, 11) is 0. The van der Waals surface area contributed by atoms with E-state index in [1.54, 1.807) is 12.1 Å². The summed E-state index contributed by atoms with van der Waals surface area (Å²) in [6.07, 6.45) is 2.90. The Kier molecular flexibility index (Phi) is 4.19. The number of hydrogen-bond donors (Lipinski definition) is 1. The molecule has 0 aliphatic heterocycles. The zero-order chi connectivity index (χ0) is 18.1. The van der Waals surface area contributed by atoms with Crippen molar-refractivity contribution in [3.05, 3.63) is 69.6 Å². The quantitative estimate of drug-likeness (QED) is 0.304. The summed E-state index contributed by atoms with van der Waals surface area (Å²) in [4.78, 5) is 27.5. The fourth-order valence-corrected chi connectivity index (χ4v) is 4.16. The molecule has 0 fully saturated rings. The van der Waals surface area contributed by atoms with Crippen LogP contribution in [0.4, 0.5) is 10.1 Å². The molecular weight excluding hydrogens is 370 g/mol. The Balaban J connectivity index is 1.54. The van der Waals surface area contributed by atoms with Crippen molar-refractivity contribution >= 4 is 65.8 Å². The number of anilines is 1. The van der Waals surface area contributed by atoms with E-state index in [4.69, 9.17) is 0 Å². The van der Waals surface area contributed by atoms with Gasteiger partial charge in [0.1, 0.15) is 0 Å². The summed E-state index contributed by atoms with van der Waals surface area (Å²) in [5, 5.41) is 16.1. The summed E-state index contributed by atoms with van der Waals surface area (Å²) in [6, 6.07) is 15.0. The van der Waals surface area contributed by atoms with Gasteiger partial charge in [-0.05, 0) is 23.6 Å². The zero-order valence-corrected chi connectivity index (χ0v) is 14.8. The van der Waals surface area contributed by atoms with Crippen LogP contribution in [0.15, 0.2) is 54.6 Å². The van der Waals surface area contributed by atoms with E-state index in [0.29, 0.717) is 10.0 Å². The van der Waals surface area contributed by atoms with E-state index in [1.807, 2.05) is 36.4 Å². The van der Waals surface area contributed by atoms with Gasteiger partial charge in [-0.2, -0.15) is 0 Å². The minimum absolute atomic E-state index is 0.0445. The Morgan fingerprint density at radius 2 is 1.96 bits per heavy atom. The second-order valence-corrected chi connectivity index (χ2v) is 7.53. The number of carbonyl (C=O) groups excluding carboxylic acids is 1. The first-order valence-corrected chi connectivity index (χ1v) is 9.25. The molecule has 2 heterocycles. The van der Waals surface area contributed by atoms with Crippen molar-refractivity contribution in [2.24, 2.45) is 0 Å². The number of thiazole rings is 1. The molecule has 0 radical (unpaired) electrons. The normalized spacial score (nSPS) is 11.4. The van der Waals surface area contributed by atoms with Gasteiger partial charge in [-0.1, -0.05) is 53.0 Å². The Hall–Kier alpha value is -3.10. The summed E-state index contributed by atoms with van der Waals surface area (Å²) in [6.45, 7) is 0. The van der Waals surface area contributed by atoms with Crippen molar-refractivity contribution in [1.82, 2.24) is 4.98 Å². The maximum absolute atomic E-state index is 12.1. The fraction of sp³-hybridized carbons (Fsp3) is 0. The topological polar surface area (TPSA) is 85.1 Å². The molecule has 0 saturated heterocycles. The highest BCUT2D eigenvalue weighted by Gasteiger charge is 2.10. The van der Waals surface area contributed by atoms with Crippen molar-refractivity contribution in [3.63, 3.8) is 0 Å². The second-order valence-electron chi connectivity index (χ2n) is 5.41. The maximum atomic E-state index is 12.1. The number of nitrogens with zero attached hydrogens (tertiary/aromatic N) is 2. The summed E-state index contributed by atoms with van der Waals surface area (Å²) < 4.78 is 0.997. The van der Waals surface area contributed by atoms with Crippen molar-refractivity contribution in [2.45, 2.75) is 0 Å². The smallest absolute Gasteiger partial charge is 0.298 e. The van der Waals surface area contributed by atoms with Crippen LogP contribution in [0.5, 0.6) is 0 Å². The molecule has 2 aromatic carbocycles. The molecule has 0 bridgehead atoms. The van der Waals surface area contributed by atoms with Gasteiger partial charge in [0.2, 0.25) is 5.91 Å². The average molecular weight is 381 g/mol. The number of rotatable bonds is 4. The van der Waals surface area contributed by atoms with E-state index >= 15 is 0 Å². The lowest BCUT2D eigenvalue weighted by atomic mass is 10.1. The first kappa shape index (κ1) is 16.4. The van der Waals surface area contributed by atoms with Crippen LogP contribution in [0.3, 0.4) is 0 Å². The number of nitrogens with one attached hydrogen (secondary N) is 1. The molecule has 2 aromatic heterocycles. The molecule has 0 aliphatic rings. The number of thiophene rings is 1. The standard InChI is InChI=1S/C18H11N3O3S2/c22-15(9-6-12-7-10-16(25-12)21(23)24)19-18-20-17-13-4-2-1-3-11(13)5-8-14(17)26-18/h1-10H,(H,19,20,22). The number of fused-ring (bicyclic) bond motifs is 3. The minimum Gasteiger partial charge on any atom is -0.298 e. The third kappa shape index (κ3) is 3.19. The Morgan fingerprint density at radius 1 is 1.12 bits per heavy atom. The van der Waals surface area contributed by atoms with E-state index in [2.05, 4.69) is 10.3 Å². The second kappa shape index (κ2) is 6.66. The first-order chi connectivity index (χ1) is 12.6. The van der Waals surface area contributed by atoms with Gasteiger partial charge in [0.05, 0.1) is 15.1 Å². The van der Waals surface area contributed by atoms with Gasteiger partial charge < -0.3 is 0 Å². The Morgan fingerprint density at radius 3 is 2.77 bits per heavy atom. The molecule has 0 aliphatic carbocycles. The van der Waals surface area contributed by atoms with Gasteiger partial charge in [-0.25, -0.2) is 4.98 Å². The molecule has 4 aromatic rings. The Labute approximate surface area is 155 Å². The molecule has 8 heteroatoms. The summed E-state index contributed by atoms with van der Waals surface area (Å²) in [5.41, 5.74) is 0.862. The first-order valence-electron chi connectivity index (χ1n) is 7.62. The number of benzene rings is 2. The lowest BCUT2D eigenvalue weighted by Gasteiger charge is -1.96. The van der Waals surface area contributed by atoms with Crippen LogP contribution in [0, 0.1) is 10.1 Å². The van der Waals surface area contributed by atoms with E-state index < -0.39 is 4.92 Å². The van der Waals surface area contributed by atoms with E-state index in [-0.39, 0.29) is 10.9 Å². The van der Waals surface area contributed by atoms with Crippen LogP contribution in [-0.2, 0) is 4.79 Å². The predicted molar refractivity (Wildman–Crippen MR) is 106 cm³/mol. The number of aromatic nitrogens is 1. The molecule has 128 valence electrons. The number of carbonyl (C=O) groups is 1. The van der Waals surface area contributed by atoms with Gasteiger partial charge >= 0.3 is 5.00 Å². The number of nitro groups is 1. The molecular formula is C18H11N3O3S2. The van der Waals surface area contributed by atoms with Crippen LogP contribution in [0.2, 0.25) is 0 Å². The molecule has 1 amide bonds. The molecule has 26 heavy (non-hydrogen) atoms. The molecule has 0 spiro atoms. The maximum Gasteiger partial charge on any atom is 0.324 e. The monoisotopic (exact) mass is 381 g/mol. The number of hydrogen-bond acceptors (Lipinski definition) is 6. The third-order valence-electron chi connectivity index (χ3n) is 3.71. The predicted octanol–water partition coefficient (Wildman–Crippen LogP) is 5.07. The van der Waals surface area contributed by atoms with E-state index in [9.17, 15) is 14.9 Å². The molecule has 4 rings (SSSR count). The summed E-state index contributed by atoms with van der Waals surface area (Å²) in [5.74, 6) is -0.329. The zero-order valence-electron chi connectivity index (χ0n) is 13.2. The van der Waals surface area contributed by atoms with Crippen LogP contribution in [0.25, 0.3) is 27.1 Å². The average Bonchev–Trinajstić information content (AvgIpc) is 3.26. The molecule has 0 atom stereocenters. The van der Waals surface area contributed by atoms with Crippen LogP contribution >= 0.6 is 22.7 Å². The lowest BCUT2D eigenvalue weighted by Crippen LogP contribution is -2.06. The van der Waals surface area contributed by atoms with Gasteiger partial charge in [-0.3, -0.25) is 20.2 Å². The van der Waals surface area contributed by atoms with Gasteiger partial charge in [0.25, 0.3) is 0 Å². The van der Waals surface area contributed by atoms with E-state index in [0.717, 1.165) is 32.3 Å². The highest BCUT2D eigenvalue weighted by molar-refractivity contribution is 7.22. The molecule has 1 N–H and O–H groups in total. The van der Waals surface area contributed by atoms with Crippen LogP contribution in [0.1, 0.15) is 4.88 Å². The van der Waals surface area contributed by atoms with Gasteiger partial charge in [0, 0.05) is 22.4 Å². The summed E-state index contributed by atoms with van der Waals surface area (Å²) >= 11 is 2.42. The van der Waals surface area contributed by atoms with Crippen LogP contribution < -0.4 is 5.32 Å². The molecule has 6 nitrogen and oxygen atoms in total. The van der Waals surface area contributed by atoms with Crippen molar-refractivity contribution in [2.75, 3.05) is 5.32 Å². The third-order valence-corrected chi connectivity index (χ3v) is 5.64. The molecule has 0 saturated carbocycles. The van der Waals surface area contributed by atoms with Crippen molar-refractivity contribution < 1.29 is 9.72 Å². The molecule has 0 unspecified atom stereocenters. The van der Waals surface area contributed by atoms with Crippen molar-refractivity contribution in [1.29, 1.82) is 0 Å². The highest BCUT2D eigenvalue weighted by atomic mass is 32.1. The highest BCUT2D eigenvalue weighted by Crippen LogP contribution is 2.31. The van der Waals surface area contributed by atoms with Gasteiger partial charge in [-0.15, -0.1) is 0 Å². The minimum atomic E-state index is -0.451. The van der Waals surface area contributed by atoms with Gasteiger partial charge in [0.15, 0.2) is 5.13 Å². The lowest BCUT2D eigenvalue weighted by molar-refractivity contribution is -0.380. The number of amides is 1. The van der Waals surface area contributed by atoms with Crippen LogP contribution in [-0.4, -0.2) is 15.8 Å². The largest absolute Gasteiger partial charge is 0.324 e.